The lowest BCUT2D eigenvalue weighted by Crippen LogP contribution is -2.52. The Balaban J connectivity index is 1.58. The molecular formula is C28H28N2O4. The van der Waals surface area contributed by atoms with Gasteiger partial charge in [-0.25, -0.2) is 0 Å². The molecule has 0 aliphatic carbocycles. The van der Waals surface area contributed by atoms with Crippen LogP contribution in [-0.4, -0.2) is 33.5 Å². The van der Waals surface area contributed by atoms with E-state index in [1.54, 1.807) is 6.20 Å². The van der Waals surface area contributed by atoms with Crippen LogP contribution in [0.1, 0.15) is 34.7 Å². The number of rotatable bonds is 8. The van der Waals surface area contributed by atoms with Gasteiger partial charge >= 0.3 is 5.97 Å². The zero-order valence-electron chi connectivity index (χ0n) is 19.5. The van der Waals surface area contributed by atoms with Crippen molar-refractivity contribution >= 4 is 29.1 Å². The molecule has 0 radical (unpaired) electrons. The second-order valence-electron chi connectivity index (χ2n) is 8.77. The summed E-state index contributed by atoms with van der Waals surface area (Å²) in [5.74, 6) is -1.08. The first kappa shape index (κ1) is 23.4. The third-order valence-corrected chi connectivity index (χ3v) is 6.30. The molecule has 0 aliphatic rings. The largest absolute Gasteiger partial charge is 0.480 e. The van der Waals surface area contributed by atoms with E-state index in [1.807, 2.05) is 43.3 Å². The summed E-state index contributed by atoms with van der Waals surface area (Å²) in [6.45, 7) is 5.47. The van der Waals surface area contributed by atoms with Crippen LogP contribution in [0.25, 0.3) is 34.2 Å². The van der Waals surface area contributed by atoms with Gasteiger partial charge in [0.25, 0.3) is 0 Å². The fourth-order valence-electron chi connectivity index (χ4n) is 3.83. The maximum atomic E-state index is 11.4. The molecule has 1 heterocycles. The number of aliphatic carboxylic acids is 1. The second kappa shape index (κ2) is 9.63. The number of carboxylic acids is 1. The summed E-state index contributed by atoms with van der Waals surface area (Å²) < 4.78 is 5.33. The number of benzene rings is 3. The van der Waals surface area contributed by atoms with Gasteiger partial charge in [0.05, 0.1) is 12.8 Å². The van der Waals surface area contributed by atoms with Crippen LogP contribution < -0.4 is 5.32 Å². The normalized spacial score (nSPS) is 13.4. The maximum absolute atomic E-state index is 11.4. The Kier molecular flexibility index (Phi) is 6.63. The highest BCUT2D eigenvalue weighted by Gasteiger charge is 2.31. The molecular weight excluding hydrogens is 428 g/mol. The number of aliphatic hydroxyl groups is 1. The minimum Gasteiger partial charge on any atom is -0.480 e. The summed E-state index contributed by atoms with van der Waals surface area (Å²) in [6.07, 6.45) is 5.89. The fraction of sp³-hybridized carbons (Fsp3) is 0.214. The van der Waals surface area contributed by atoms with E-state index in [9.17, 15) is 15.0 Å². The molecule has 4 aromatic rings. The molecule has 6 heteroatoms. The Morgan fingerprint density at radius 1 is 1.09 bits per heavy atom. The highest BCUT2D eigenvalue weighted by atomic mass is 16.5. The van der Waals surface area contributed by atoms with Gasteiger partial charge in [-0.3, -0.25) is 10.1 Å². The summed E-state index contributed by atoms with van der Waals surface area (Å²) >= 11 is 0. The number of fused-ring (bicyclic) bond motifs is 1. The molecule has 1 aromatic heterocycles. The Morgan fingerprint density at radius 3 is 2.65 bits per heavy atom. The fourth-order valence-corrected chi connectivity index (χ4v) is 3.83. The number of hydrogen-bond donors (Lipinski definition) is 3. The third kappa shape index (κ3) is 4.78. The first-order valence-corrected chi connectivity index (χ1v) is 11.1. The zero-order valence-corrected chi connectivity index (χ0v) is 19.5. The van der Waals surface area contributed by atoms with Gasteiger partial charge < -0.3 is 14.7 Å². The van der Waals surface area contributed by atoms with E-state index in [-0.39, 0.29) is 0 Å². The van der Waals surface area contributed by atoms with E-state index in [1.165, 1.54) is 6.92 Å². The first-order chi connectivity index (χ1) is 16.3. The molecule has 3 N–H and O–H groups in total. The lowest BCUT2D eigenvalue weighted by Gasteiger charge is -2.24. The highest BCUT2D eigenvalue weighted by molar-refractivity contribution is 5.85. The molecule has 0 saturated carbocycles. The van der Waals surface area contributed by atoms with E-state index < -0.39 is 18.1 Å². The molecule has 174 valence electrons. The van der Waals surface area contributed by atoms with Crippen molar-refractivity contribution in [3.63, 3.8) is 0 Å². The topological polar surface area (TPSA) is 95.6 Å². The third-order valence-electron chi connectivity index (χ3n) is 6.30. The molecule has 3 aromatic carbocycles. The molecule has 0 spiro atoms. The van der Waals surface area contributed by atoms with Gasteiger partial charge in [0, 0.05) is 11.9 Å². The van der Waals surface area contributed by atoms with Crippen LogP contribution in [0.15, 0.2) is 65.3 Å². The van der Waals surface area contributed by atoms with Crippen LogP contribution in [0.4, 0.5) is 0 Å². The number of nitrogens with zero attached hydrogens (tertiary/aromatic N) is 1. The van der Waals surface area contributed by atoms with Crippen LogP contribution >= 0.6 is 0 Å². The SMILES string of the molecule is Cc1ccc(CN[C@@](C)(CO)C(=O)O)cc1/C=C/c1cccc(-c2ccc3cnoc3c2)c1C. The van der Waals surface area contributed by atoms with Crippen LogP contribution in [-0.2, 0) is 11.3 Å². The van der Waals surface area contributed by atoms with Crippen molar-refractivity contribution in [2.75, 3.05) is 6.61 Å². The minimum atomic E-state index is -1.38. The number of hydrogen-bond acceptors (Lipinski definition) is 5. The summed E-state index contributed by atoms with van der Waals surface area (Å²) in [7, 11) is 0. The number of carboxylic acid groups (broad SMARTS) is 1. The molecule has 34 heavy (non-hydrogen) atoms. The van der Waals surface area contributed by atoms with Crippen molar-refractivity contribution in [1.29, 1.82) is 0 Å². The van der Waals surface area contributed by atoms with Crippen molar-refractivity contribution in [1.82, 2.24) is 10.5 Å². The smallest absolute Gasteiger partial charge is 0.326 e. The summed E-state index contributed by atoms with van der Waals surface area (Å²) in [6, 6.07) is 18.3. The van der Waals surface area contributed by atoms with Gasteiger partial charge in [0.1, 0.15) is 5.54 Å². The molecule has 0 unspecified atom stereocenters. The van der Waals surface area contributed by atoms with Gasteiger partial charge in [-0.15, -0.1) is 0 Å². The van der Waals surface area contributed by atoms with Crippen molar-refractivity contribution in [3.8, 4) is 11.1 Å². The lowest BCUT2D eigenvalue weighted by molar-refractivity contribution is -0.145. The molecule has 4 rings (SSSR count). The number of aliphatic hydroxyl groups excluding tert-OH is 1. The number of nitrogens with one attached hydrogen (secondary N) is 1. The molecule has 0 fully saturated rings. The number of carbonyl (C=O) groups is 1. The highest BCUT2D eigenvalue weighted by Crippen LogP contribution is 2.29. The van der Waals surface area contributed by atoms with E-state index >= 15 is 0 Å². The van der Waals surface area contributed by atoms with Gasteiger partial charge in [-0.1, -0.05) is 59.8 Å². The quantitative estimate of drug-likeness (QED) is 0.315. The summed E-state index contributed by atoms with van der Waals surface area (Å²) in [4.78, 5) is 11.4. The Hall–Kier alpha value is -3.74. The van der Waals surface area contributed by atoms with Crippen LogP contribution in [0, 0.1) is 13.8 Å². The summed E-state index contributed by atoms with van der Waals surface area (Å²) in [5, 5.41) is 26.6. The van der Waals surface area contributed by atoms with Gasteiger partial charge in [0.15, 0.2) is 5.58 Å². The molecule has 6 nitrogen and oxygen atoms in total. The molecule has 0 aliphatic heterocycles. The average Bonchev–Trinajstić information content (AvgIpc) is 3.31. The average molecular weight is 457 g/mol. The Bertz CT molecular complexity index is 1370. The van der Waals surface area contributed by atoms with Crippen LogP contribution in [0.5, 0.6) is 0 Å². The van der Waals surface area contributed by atoms with Crippen LogP contribution in [0.3, 0.4) is 0 Å². The molecule has 0 bridgehead atoms. The van der Waals surface area contributed by atoms with Crippen molar-refractivity contribution in [3.05, 3.63) is 88.6 Å². The van der Waals surface area contributed by atoms with Crippen LogP contribution in [0.2, 0.25) is 0 Å². The van der Waals surface area contributed by atoms with E-state index in [2.05, 4.69) is 47.7 Å². The van der Waals surface area contributed by atoms with Crippen molar-refractivity contribution in [2.24, 2.45) is 0 Å². The maximum Gasteiger partial charge on any atom is 0.326 e. The van der Waals surface area contributed by atoms with Gasteiger partial charge in [-0.05, 0) is 71.8 Å². The molecule has 0 amide bonds. The predicted molar refractivity (Wildman–Crippen MR) is 134 cm³/mol. The first-order valence-electron chi connectivity index (χ1n) is 11.1. The van der Waals surface area contributed by atoms with Gasteiger partial charge in [0.2, 0.25) is 0 Å². The van der Waals surface area contributed by atoms with E-state index in [0.717, 1.165) is 49.9 Å². The Labute approximate surface area is 198 Å². The summed E-state index contributed by atoms with van der Waals surface area (Å²) in [5.41, 5.74) is 6.97. The number of aryl methyl sites for hydroxylation is 1. The van der Waals surface area contributed by atoms with E-state index in [4.69, 9.17) is 4.52 Å². The lowest BCUT2D eigenvalue weighted by atomic mass is 9.95. The van der Waals surface area contributed by atoms with Crippen molar-refractivity contribution < 1.29 is 19.5 Å². The second-order valence-corrected chi connectivity index (χ2v) is 8.77. The standard InChI is InChI=1S/C28H28N2O4/c1-18-7-8-20(15-29-28(3,17-31)27(32)33)13-22(18)10-9-21-5-4-6-25(19(21)2)23-11-12-24-16-30-34-26(24)14-23/h4-14,16,29,31H,15,17H2,1-3H3,(H,32,33)/b10-9+/t28-/m0/s1. The Morgan fingerprint density at radius 2 is 1.88 bits per heavy atom. The van der Waals surface area contributed by atoms with E-state index in [0.29, 0.717) is 6.54 Å². The molecule has 1 atom stereocenters. The number of aromatic nitrogens is 1. The van der Waals surface area contributed by atoms with Crippen molar-refractivity contribution in [2.45, 2.75) is 32.9 Å². The van der Waals surface area contributed by atoms with Gasteiger partial charge in [-0.2, -0.15) is 0 Å². The monoisotopic (exact) mass is 456 g/mol. The predicted octanol–water partition coefficient (Wildman–Crippen LogP) is 5.21. The minimum absolute atomic E-state index is 0.336. The zero-order chi connectivity index (χ0) is 24.3. The molecule has 0 saturated heterocycles.